The molecular formula is C22H34N6O. The number of aliphatic imine (C=N–C) groups is 1. The van der Waals surface area contributed by atoms with Gasteiger partial charge in [0, 0.05) is 65.3 Å². The Labute approximate surface area is 174 Å². The highest BCUT2D eigenvalue weighted by Gasteiger charge is 2.19. The number of piperazine rings is 1. The van der Waals surface area contributed by atoms with Gasteiger partial charge in [-0.05, 0) is 31.9 Å². The summed E-state index contributed by atoms with van der Waals surface area (Å²) in [5.41, 5.74) is 0. The van der Waals surface area contributed by atoms with Crippen molar-refractivity contribution in [1.29, 1.82) is 0 Å². The Morgan fingerprint density at radius 2 is 1.90 bits per heavy atom. The predicted molar refractivity (Wildman–Crippen MR) is 118 cm³/mol. The Hall–Kier alpha value is -2.54. The van der Waals surface area contributed by atoms with Gasteiger partial charge in [0.15, 0.2) is 5.96 Å². The van der Waals surface area contributed by atoms with E-state index in [-0.39, 0.29) is 0 Å². The van der Waals surface area contributed by atoms with Gasteiger partial charge in [-0.2, -0.15) is 0 Å². The van der Waals surface area contributed by atoms with E-state index in [9.17, 15) is 0 Å². The normalized spacial score (nSPS) is 15.5. The van der Waals surface area contributed by atoms with Crippen molar-refractivity contribution in [2.75, 3.05) is 52.9 Å². The van der Waals surface area contributed by atoms with Gasteiger partial charge in [-0.1, -0.05) is 18.2 Å². The molecule has 1 aromatic heterocycles. The van der Waals surface area contributed by atoms with E-state index in [2.05, 4.69) is 29.7 Å². The summed E-state index contributed by atoms with van der Waals surface area (Å²) >= 11 is 0. The summed E-state index contributed by atoms with van der Waals surface area (Å²) in [5, 5.41) is 3.52. The number of hydrogen-bond acceptors (Lipinski definition) is 4. The van der Waals surface area contributed by atoms with Gasteiger partial charge < -0.3 is 19.5 Å². The van der Waals surface area contributed by atoms with Crippen LogP contribution in [-0.2, 0) is 6.54 Å². The fourth-order valence-electron chi connectivity index (χ4n) is 3.57. The average Bonchev–Trinajstić information content (AvgIpc) is 3.17. The molecule has 0 amide bonds. The first-order chi connectivity index (χ1) is 14.3. The number of hydrogen-bond donors (Lipinski definition) is 1. The summed E-state index contributed by atoms with van der Waals surface area (Å²) in [6.07, 6.45) is 6.17. The number of benzene rings is 1. The molecule has 0 atom stereocenters. The van der Waals surface area contributed by atoms with Crippen LogP contribution in [0, 0.1) is 6.92 Å². The van der Waals surface area contributed by atoms with Gasteiger partial charge in [-0.25, -0.2) is 4.98 Å². The van der Waals surface area contributed by atoms with Gasteiger partial charge >= 0.3 is 0 Å². The fraction of sp³-hybridized carbons (Fsp3) is 0.545. The van der Waals surface area contributed by atoms with Gasteiger partial charge in [-0.15, -0.1) is 0 Å². The summed E-state index contributed by atoms with van der Waals surface area (Å²) < 4.78 is 8.02. The maximum atomic E-state index is 5.82. The van der Waals surface area contributed by atoms with Crippen LogP contribution < -0.4 is 10.1 Å². The van der Waals surface area contributed by atoms with Crippen LogP contribution in [0.1, 0.15) is 18.7 Å². The van der Waals surface area contributed by atoms with E-state index in [1.807, 2.05) is 56.7 Å². The van der Waals surface area contributed by atoms with Crippen molar-refractivity contribution < 1.29 is 4.74 Å². The largest absolute Gasteiger partial charge is 0.492 e. The monoisotopic (exact) mass is 398 g/mol. The third-order valence-corrected chi connectivity index (χ3v) is 5.34. The van der Waals surface area contributed by atoms with E-state index in [1.165, 1.54) is 0 Å². The predicted octanol–water partition coefficient (Wildman–Crippen LogP) is 2.24. The van der Waals surface area contributed by atoms with Gasteiger partial charge in [0.1, 0.15) is 18.2 Å². The van der Waals surface area contributed by atoms with Crippen LogP contribution in [0.5, 0.6) is 5.75 Å². The lowest BCUT2D eigenvalue weighted by Gasteiger charge is -2.36. The number of unbranched alkanes of at least 4 members (excludes halogenated alkanes) is 1. The molecule has 1 aliphatic heterocycles. The Kier molecular flexibility index (Phi) is 8.37. The molecule has 0 spiro atoms. The number of para-hydroxylation sites is 1. The number of ether oxygens (including phenoxy) is 1. The molecule has 158 valence electrons. The Morgan fingerprint density at radius 3 is 2.59 bits per heavy atom. The van der Waals surface area contributed by atoms with Crippen molar-refractivity contribution in [3.63, 3.8) is 0 Å². The van der Waals surface area contributed by atoms with Crippen molar-refractivity contribution in [2.45, 2.75) is 26.3 Å². The van der Waals surface area contributed by atoms with Crippen LogP contribution >= 0.6 is 0 Å². The Balaban J connectivity index is 1.28. The quantitative estimate of drug-likeness (QED) is 0.399. The van der Waals surface area contributed by atoms with Gasteiger partial charge in [0.05, 0.1) is 0 Å². The van der Waals surface area contributed by atoms with Crippen LogP contribution in [0.25, 0.3) is 0 Å². The van der Waals surface area contributed by atoms with Crippen LogP contribution in [0.4, 0.5) is 0 Å². The zero-order valence-electron chi connectivity index (χ0n) is 17.8. The number of aryl methyl sites for hydroxylation is 2. The van der Waals surface area contributed by atoms with E-state index in [1.54, 1.807) is 0 Å². The lowest BCUT2D eigenvalue weighted by atomic mass is 10.3. The topological polar surface area (TPSA) is 57.9 Å². The second-order valence-corrected chi connectivity index (χ2v) is 7.34. The SMILES string of the molecule is CN=C(NCCCCn1ccnc1C)N1CCN(CCOc2ccccc2)CC1. The third-order valence-electron chi connectivity index (χ3n) is 5.34. The van der Waals surface area contributed by atoms with Crippen LogP contribution in [-0.4, -0.2) is 78.2 Å². The zero-order valence-corrected chi connectivity index (χ0v) is 17.8. The molecule has 7 nitrogen and oxygen atoms in total. The van der Waals surface area contributed by atoms with Gasteiger partial charge in [0.2, 0.25) is 0 Å². The summed E-state index contributed by atoms with van der Waals surface area (Å²) in [6, 6.07) is 10.0. The minimum Gasteiger partial charge on any atom is -0.492 e. The van der Waals surface area contributed by atoms with Crippen molar-refractivity contribution in [3.05, 3.63) is 48.5 Å². The first-order valence-corrected chi connectivity index (χ1v) is 10.6. The maximum Gasteiger partial charge on any atom is 0.193 e. The minimum absolute atomic E-state index is 0.730. The van der Waals surface area contributed by atoms with Gasteiger partial charge in [-0.3, -0.25) is 9.89 Å². The molecule has 0 radical (unpaired) electrons. The van der Waals surface area contributed by atoms with Crippen LogP contribution in [0.3, 0.4) is 0 Å². The molecule has 7 heteroatoms. The summed E-state index contributed by atoms with van der Waals surface area (Å²) in [6.45, 7) is 9.79. The molecular weight excluding hydrogens is 364 g/mol. The van der Waals surface area contributed by atoms with Crippen LogP contribution in [0.2, 0.25) is 0 Å². The standard InChI is InChI=1S/C22H34N6O/c1-20-24-11-13-27(20)12-7-6-10-25-22(23-2)28-16-14-26(15-17-28)18-19-29-21-8-4-3-5-9-21/h3-5,8-9,11,13H,6-7,10,12,14-19H2,1-2H3,(H,23,25). The van der Waals surface area contributed by atoms with Crippen molar-refractivity contribution in [1.82, 2.24) is 24.7 Å². The second-order valence-electron chi connectivity index (χ2n) is 7.34. The highest BCUT2D eigenvalue weighted by Crippen LogP contribution is 2.09. The molecule has 0 saturated carbocycles. The number of rotatable bonds is 9. The molecule has 3 rings (SSSR count). The molecule has 1 aliphatic rings. The fourth-order valence-corrected chi connectivity index (χ4v) is 3.57. The first-order valence-electron chi connectivity index (χ1n) is 10.6. The van der Waals surface area contributed by atoms with E-state index < -0.39 is 0 Å². The molecule has 2 heterocycles. The summed E-state index contributed by atoms with van der Waals surface area (Å²) in [7, 11) is 1.87. The van der Waals surface area contributed by atoms with E-state index >= 15 is 0 Å². The van der Waals surface area contributed by atoms with Gasteiger partial charge in [0.25, 0.3) is 0 Å². The molecule has 0 unspecified atom stereocenters. The lowest BCUT2D eigenvalue weighted by Crippen LogP contribution is -2.53. The molecule has 1 fully saturated rings. The Bertz CT molecular complexity index is 737. The minimum atomic E-state index is 0.730. The third kappa shape index (κ3) is 6.78. The van der Waals surface area contributed by atoms with E-state index in [4.69, 9.17) is 4.74 Å². The highest BCUT2D eigenvalue weighted by atomic mass is 16.5. The number of aromatic nitrogens is 2. The first kappa shape index (κ1) is 21.2. The van der Waals surface area contributed by atoms with Crippen LogP contribution in [0.15, 0.2) is 47.7 Å². The van der Waals surface area contributed by atoms with E-state index in [0.717, 1.165) is 82.8 Å². The number of nitrogens with zero attached hydrogens (tertiary/aromatic N) is 5. The van der Waals surface area contributed by atoms with E-state index in [0.29, 0.717) is 0 Å². The molecule has 1 aromatic carbocycles. The molecule has 1 N–H and O–H groups in total. The zero-order chi connectivity index (χ0) is 20.3. The summed E-state index contributed by atoms with van der Waals surface area (Å²) in [4.78, 5) is 13.6. The molecule has 0 bridgehead atoms. The molecule has 0 aliphatic carbocycles. The number of nitrogens with one attached hydrogen (secondary N) is 1. The highest BCUT2D eigenvalue weighted by molar-refractivity contribution is 5.79. The average molecular weight is 399 g/mol. The van der Waals surface area contributed by atoms with Crippen molar-refractivity contribution in [3.8, 4) is 5.75 Å². The molecule has 1 saturated heterocycles. The Morgan fingerprint density at radius 1 is 1.10 bits per heavy atom. The van der Waals surface area contributed by atoms with Crippen molar-refractivity contribution in [2.24, 2.45) is 4.99 Å². The number of imidazole rings is 1. The molecule has 29 heavy (non-hydrogen) atoms. The lowest BCUT2D eigenvalue weighted by molar-refractivity contribution is 0.152. The summed E-state index contributed by atoms with van der Waals surface area (Å²) in [5.74, 6) is 3.05. The smallest absolute Gasteiger partial charge is 0.193 e. The number of guanidine groups is 1. The van der Waals surface area contributed by atoms with Crippen molar-refractivity contribution >= 4 is 5.96 Å². The molecule has 2 aromatic rings. The second kappa shape index (κ2) is 11.5. The maximum absolute atomic E-state index is 5.82.